The normalized spacial score (nSPS) is 32.6. The third-order valence-electron chi connectivity index (χ3n) is 7.52. The van der Waals surface area contributed by atoms with Crippen LogP contribution in [-0.4, -0.2) is 46.5 Å². The van der Waals surface area contributed by atoms with Gasteiger partial charge in [0.25, 0.3) is 5.91 Å². The van der Waals surface area contributed by atoms with Crippen LogP contribution in [-0.2, 0) is 4.79 Å². The number of benzene rings is 1. The smallest absolute Gasteiger partial charge is 0.261 e. The van der Waals surface area contributed by atoms with Crippen LogP contribution < -0.4 is 15.4 Å². The van der Waals surface area contributed by atoms with E-state index in [9.17, 15) is 14.7 Å². The van der Waals surface area contributed by atoms with Crippen molar-refractivity contribution in [3.63, 3.8) is 0 Å². The summed E-state index contributed by atoms with van der Waals surface area (Å²) in [7, 11) is 0. The summed E-state index contributed by atoms with van der Waals surface area (Å²) in [4.78, 5) is 29.8. The summed E-state index contributed by atoms with van der Waals surface area (Å²) in [5.41, 5.74) is 1.49. The number of ether oxygens (including phenoxy) is 1. The van der Waals surface area contributed by atoms with E-state index in [0.29, 0.717) is 23.8 Å². The molecule has 0 spiro atoms. The maximum atomic E-state index is 12.9. The lowest BCUT2D eigenvalue weighted by Gasteiger charge is -2.70. The number of nitrogens with zero attached hydrogens (tertiary/aromatic N) is 1. The average molecular weight is 437 g/mol. The van der Waals surface area contributed by atoms with Crippen LogP contribution in [0, 0.1) is 12.3 Å². The summed E-state index contributed by atoms with van der Waals surface area (Å²) in [6, 6.07) is 5.62. The lowest BCUT2D eigenvalue weighted by molar-refractivity contribution is -0.168. The predicted octanol–water partition coefficient (Wildman–Crippen LogP) is 2.17. The van der Waals surface area contributed by atoms with Crippen molar-refractivity contribution in [2.75, 3.05) is 13.1 Å². The average Bonchev–Trinajstić information content (AvgIpc) is 3.13. The van der Waals surface area contributed by atoms with Crippen molar-refractivity contribution in [3.05, 3.63) is 47.2 Å². The number of aliphatic hydroxyl groups excluding tert-OH is 1. The number of nitrogens with one attached hydrogen (secondary N) is 2. The van der Waals surface area contributed by atoms with Gasteiger partial charge in [-0.15, -0.1) is 0 Å². The third kappa shape index (κ3) is 3.16. The van der Waals surface area contributed by atoms with Crippen molar-refractivity contribution in [2.24, 2.45) is 5.41 Å². The maximum absolute atomic E-state index is 12.9. The van der Waals surface area contributed by atoms with E-state index < -0.39 is 12.2 Å². The van der Waals surface area contributed by atoms with Crippen molar-refractivity contribution in [2.45, 2.75) is 62.7 Å². The fraction of sp³-hybridized carbons (Fsp3) is 0.542. The number of aryl methyl sites for hydroxylation is 1. The van der Waals surface area contributed by atoms with E-state index >= 15 is 0 Å². The van der Waals surface area contributed by atoms with Crippen LogP contribution in [0.4, 0.5) is 0 Å². The minimum absolute atomic E-state index is 0.0127. The van der Waals surface area contributed by atoms with Crippen LogP contribution in [0.25, 0.3) is 0 Å². The molecule has 1 aromatic heterocycles. The van der Waals surface area contributed by atoms with E-state index in [1.807, 2.05) is 25.1 Å². The number of Topliss-reactive ketones (excluding diaryl/α,β-unsaturated/α-hetero) is 1. The van der Waals surface area contributed by atoms with Gasteiger partial charge in [0.15, 0.2) is 17.6 Å². The molecule has 2 bridgehead atoms. The van der Waals surface area contributed by atoms with Crippen LogP contribution in [0.1, 0.15) is 71.7 Å². The SMILES string of the molecule is Cc1ccc2c(c1)[C@H](O)C[C@H](C(=O)NC13CC(CC(=O)c4cnc(C5CNC5)o4)(C1)C3)O2. The molecule has 168 valence electrons. The van der Waals surface area contributed by atoms with Crippen molar-refractivity contribution in [3.8, 4) is 5.75 Å². The summed E-state index contributed by atoms with van der Waals surface area (Å²) in [5, 5.41) is 16.8. The Bertz CT molecular complexity index is 1090. The van der Waals surface area contributed by atoms with Crippen LogP contribution >= 0.6 is 0 Å². The molecule has 0 radical (unpaired) electrons. The largest absolute Gasteiger partial charge is 0.480 e. The molecular formula is C24H27N3O5. The molecule has 3 saturated carbocycles. The summed E-state index contributed by atoms with van der Waals surface area (Å²) in [5.74, 6) is 1.61. The molecule has 4 fully saturated rings. The van der Waals surface area contributed by atoms with Gasteiger partial charge >= 0.3 is 0 Å². The van der Waals surface area contributed by atoms with Gasteiger partial charge < -0.3 is 24.9 Å². The molecule has 2 aromatic rings. The minimum atomic E-state index is -0.714. The van der Waals surface area contributed by atoms with E-state index in [1.54, 1.807) is 6.20 Å². The van der Waals surface area contributed by atoms with Crippen molar-refractivity contribution < 1.29 is 23.8 Å². The summed E-state index contributed by atoms with van der Waals surface area (Å²) in [6.07, 6.45) is 3.15. The Kier molecular flexibility index (Phi) is 4.29. The van der Waals surface area contributed by atoms with Gasteiger partial charge in [-0.05, 0) is 43.7 Å². The Balaban J connectivity index is 1.03. The molecule has 1 saturated heterocycles. The molecule has 32 heavy (non-hydrogen) atoms. The first-order valence-corrected chi connectivity index (χ1v) is 11.3. The predicted molar refractivity (Wildman–Crippen MR) is 113 cm³/mol. The third-order valence-corrected chi connectivity index (χ3v) is 7.52. The van der Waals surface area contributed by atoms with E-state index in [1.165, 1.54) is 0 Å². The van der Waals surface area contributed by atoms with Gasteiger partial charge in [-0.2, -0.15) is 0 Å². The first-order valence-electron chi connectivity index (χ1n) is 11.3. The van der Waals surface area contributed by atoms with Gasteiger partial charge in [-0.1, -0.05) is 11.6 Å². The highest BCUT2D eigenvalue weighted by Gasteiger charge is 2.69. The molecule has 2 atom stereocenters. The first-order chi connectivity index (χ1) is 15.3. The molecule has 8 heteroatoms. The van der Waals surface area contributed by atoms with E-state index in [0.717, 1.165) is 43.5 Å². The van der Waals surface area contributed by atoms with Crippen LogP contribution in [0.5, 0.6) is 5.75 Å². The maximum Gasteiger partial charge on any atom is 0.261 e. The quantitative estimate of drug-likeness (QED) is 0.594. The van der Waals surface area contributed by atoms with Crippen molar-refractivity contribution in [1.82, 2.24) is 15.6 Å². The number of oxazole rings is 1. The second kappa shape index (κ2) is 6.89. The van der Waals surface area contributed by atoms with E-state index in [2.05, 4.69) is 15.6 Å². The molecule has 3 N–H and O–H groups in total. The van der Waals surface area contributed by atoms with Crippen LogP contribution in [0.3, 0.4) is 0 Å². The van der Waals surface area contributed by atoms with Gasteiger partial charge in [0, 0.05) is 37.0 Å². The number of ketones is 1. The van der Waals surface area contributed by atoms with Crippen LogP contribution in [0.15, 0.2) is 28.8 Å². The molecule has 1 aromatic carbocycles. The molecule has 7 rings (SSSR count). The minimum Gasteiger partial charge on any atom is -0.480 e. The zero-order chi connectivity index (χ0) is 22.1. The molecule has 1 amide bonds. The number of carbonyl (C=O) groups is 2. The fourth-order valence-corrected chi connectivity index (χ4v) is 5.88. The molecule has 3 aliphatic carbocycles. The van der Waals surface area contributed by atoms with Gasteiger partial charge in [-0.25, -0.2) is 4.98 Å². The number of hydrogen-bond donors (Lipinski definition) is 3. The Labute approximate surface area is 185 Å². The second-order valence-electron chi connectivity index (χ2n) is 10.2. The fourth-order valence-electron chi connectivity index (χ4n) is 5.88. The number of aromatic nitrogens is 1. The molecule has 5 aliphatic rings. The number of aliphatic hydroxyl groups is 1. The Morgan fingerprint density at radius 1 is 1.28 bits per heavy atom. The number of hydrogen-bond acceptors (Lipinski definition) is 7. The molecule has 0 unspecified atom stereocenters. The number of fused-ring (bicyclic) bond motifs is 1. The zero-order valence-electron chi connectivity index (χ0n) is 18.0. The topological polar surface area (TPSA) is 114 Å². The lowest BCUT2D eigenvalue weighted by atomic mass is 9.38. The van der Waals surface area contributed by atoms with Gasteiger partial charge in [-0.3, -0.25) is 9.59 Å². The monoisotopic (exact) mass is 437 g/mol. The van der Waals surface area contributed by atoms with Crippen molar-refractivity contribution >= 4 is 11.7 Å². The standard InChI is InChI=1S/C24H27N3O5/c1-13-2-3-18-15(4-13)16(28)5-19(31-18)21(30)27-24-10-23(11-24,12-24)6-17(29)20-9-26-22(32-20)14-7-25-8-14/h2-4,9,14,16,19,25,28H,5-8,10-12H2,1H3,(H,27,30)/t16-,19-,23?,24?/m1/s1. The number of rotatable bonds is 6. The molecule has 2 aliphatic heterocycles. The summed E-state index contributed by atoms with van der Waals surface area (Å²) < 4.78 is 11.6. The number of carbonyl (C=O) groups excluding carboxylic acids is 2. The number of amides is 1. The first kappa shape index (κ1) is 19.9. The van der Waals surface area contributed by atoms with Crippen LogP contribution in [0.2, 0.25) is 0 Å². The summed E-state index contributed by atoms with van der Waals surface area (Å²) >= 11 is 0. The van der Waals surface area contributed by atoms with Gasteiger partial charge in [0.2, 0.25) is 5.89 Å². The Hall–Kier alpha value is -2.71. The Morgan fingerprint density at radius 3 is 2.78 bits per heavy atom. The molecule has 8 nitrogen and oxygen atoms in total. The lowest BCUT2D eigenvalue weighted by Crippen LogP contribution is -2.75. The van der Waals surface area contributed by atoms with E-state index in [4.69, 9.17) is 9.15 Å². The highest BCUT2D eigenvalue weighted by Crippen LogP contribution is 2.69. The van der Waals surface area contributed by atoms with Gasteiger partial charge in [0.1, 0.15) is 5.75 Å². The highest BCUT2D eigenvalue weighted by atomic mass is 16.5. The van der Waals surface area contributed by atoms with E-state index in [-0.39, 0.29) is 35.0 Å². The molecule has 3 heterocycles. The second-order valence-corrected chi connectivity index (χ2v) is 10.2. The molecular weight excluding hydrogens is 410 g/mol. The van der Waals surface area contributed by atoms with Crippen molar-refractivity contribution in [1.29, 1.82) is 0 Å². The zero-order valence-corrected chi connectivity index (χ0v) is 18.0. The summed E-state index contributed by atoms with van der Waals surface area (Å²) in [6.45, 7) is 3.64. The van der Waals surface area contributed by atoms with Gasteiger partial charge in [0.05, 0.1) is 18.2 Å². The highest BCUT2D eigenvalue weighted by molar-refractivity contribution is 5.94. The Morgan fingerprint density at radius 2 is 2.06 bits per heavy atom.